The van der Waals surface area contributed by atoms with Crippen molar-refractivity contribution in [2.24, 2.45) is 0 Å². The second kappa shape index (κ2) is 8.20. The molecule has 0 spiro atoms. The van der Waals surface area contributed by atoms with Crippen LogP contribution in [0.3, 0.4) is 0 Å². The van der Waals surface area contributed by atoms with Crippen molar-refractivity contribution in [1.82, 2.24) is 5.32 Å². The fourth-order valence-electron chi connectivity index (χ4n) is 0.854. The molecule has 0 aromatic heterocycles. The van der Waals surface area contributed by atoms with Crippen LogP contribution in [0.1, 0.15) is 13.3 Å². The highest BCUT2D eigenvalue weighted by Crippen LogP contribution is 1.85. The van der Waals surface area contributed by atoms with Crippen LogP contribution in [0.4, 0.5) is 0 Å². The Morgan fingerprint density at radius 1 is 1.36 bits per heavy atom. The molecule has 0 aromatic carbocycles. The zero-order valence-corrected chi connectivity index (χ0v) is 9.14. The van der Waals surface area contributed by atoms with Gasteiger partial charge in [-0.3, -0.25) is 0 Å². The molecule has 68 valence electrons. The van der Waals surface area contributed by atoms with Crippen LogP contribution in [0.25, 0.3) is 0 Å². The van der Waals surface area contributed by atoms with Crippen molar-refractivity contribution in [3.8, 4) is 0 Å². The maximum absolute atomic E-state index is 5.08. The molecule has 0 aliphatic heterocycles. The predicted octanol–water partition coefficient (Wildman–Crippen LogP) is -0.311. The average Bonchev–Trinajstić information content (AvgIpc) is 2.05. The summed E-state index contributed by atoms with van der Waals surface area (Å²) in [5, 5.41) is 3.34. The molecule has 3 nitrogen and oxygen atoms in total. The summed E-state index contributed by atoms with van der Waals surface area (Å²) in [7, 11) is 3.14. The van der Waals surface area contributed by atoms with Gasteiger partial charge in [0.1, 0.15) is 15.4 Å². The Hall–Kier alpha value is 0.0969. The molecule has 0 fully saturated rings. The molecule has 0 heterocycles. The van der Waals surface area contributed by atoms with Crippen LogP contribution in [0.5, 0.6) is 0 Å². The number of rotatable bonds is 7. The summed E-state index contributed by atoms with van der Waals surface area (Å²) in [4.78, 5) is 0. The lowest BCUT2D eigenvalue weighted by molar-refractivity contribution is -0.0441. The van der Waals surface area contributed by atoms with Crippen LogP contribution in [0.15, 0.2) is 0 Å². The largest absolute Gasteiger partial charge is 0.360 e. The summed E-state index contributed by atoms with van der Waals surface area (Å²) in [5.74, 6) is 0.0827. The lowest BCUT2D eigenvalue weighted by Gasteiger charge is -2.12. The van der Waals surface area contributed by atoms with Crippen molar-refractivity contribution in [3.05, 3.63) is 0 Å². The molecule has 0 radical (unpaired) electrons. The van der Waals surface area contributed by atoms with Gasteiger partial charge in [-0.1, -0.05) is 6.92 Å². The smallest absolute Gasteiger partial charge is 0.135 e. The number of hydrogen-bond acceptors (Lipinski definition) is 3. The van der Waals surface area contributed by atoms with Crippen LogP contribution < -0.4 is 5.32 Å². The highest BCUT2D eigenvalue weighted by Gasteiger charge is 2.03. The first-order chi connectivity index (χ1) is 5.35. The van der Waals surface area contributed by atoms with Crippen LogP contribution in [-0.4, -0.2) is 42.4 Å². The Morgan fingerprint density at radius 3 is 2.45 bits per heavy atom. The summed E-state index contributed by atoms with van der Waals surface area (Å²) in [6, 6.07) is 0. The minimum atomic E-state index is -0.251. The Morgan fingerprint density at radius 2 is 2.00 bits per heavy atom. The van der Waals surface area contributed by atoms with E-state index in [4.69, 9.17) is 9.47 Å². The maximum Gasteiger partial charge on any atom is 0.135 e. The van der Waals surface area contributed by atoms with E-state index in [1.54, 1.807) is 14.2 Å². The van der Waals surface area contributed by atoms with E-state index in [9.17, 15) is 0 Å². The molecule has 0 amide bonds. The third-order valence-corrected chi connectivity index (χ3v) is 3.29. The Labute approximate surface area is 71.3 Å². The summed E-state index contributed by atoms with van der Waals surface area (Å²) in [6.07, 6.45) is 2.29. The van der Waals surface area contributed by atoms with Crippen molar-refractivity contribution in [2.75, 3.05) is 26.9 Å². The molecule has 0 saturated heterocycles. The van der Waals surface area contributed by atoms with Gasteiger partial charge in [0.05, 0.1) is 0 Å². The maximum atomic E-state index is 5.08. The minimum Gasteiger partial charge on any atom is -0.360 e. The summed E-state index contributed by atoms with van der Waals surface area (Å²) >= 11 is 0. The van der Waals surface area contributed by atoms with E-state index in [1.165, 1.54) is 6.42 Å². The Bertz CT molecular complexity index is 78.8. The highest BCUT2D eigenvalue weighted by molar-refractivity contribution is 6.36. The standard InChI is InChI=1S/C7H19NO2Si/c1-4-5-8-6-11-7(9-2)10-3/h7-8H,4-6,11H2,1-3H3. The molecule has 0 atom stereocenters. The third-order valence-electron chi connectivity index (χ3n) is 1.51. The zero-order chi connectivity index (χ0) is 8.53. The van der Waals surface area contributed by atoms with Gasteiger partial charge in [0.2, 0.25) is 0 Å². The van der Waals surface area contributed by atoms with E-state index < -0.39 is 0 Å². The van der Waals surface area contributed by atoms with Crippen LogP contribution in [0, 0.1) is 0 Å². The van der Waals surface area contributed by atoms with Crippen molar-refractivity contribution < 1.29 is 9.47 Å². The summed E-state index contributed by atoms with van der Waals surface area (Å²) < 4.78 is 10.2. The van der Waals surface area contributed by atoms with Crippen LogP contribution in [-0.2, 0) is 9.47 Å². The third kappa shape index (κ3) is 6.49. The van der Waals surface area contributed by atoms with Gasteiger partial charge in [0, 0.05) is 14.2 Å². The average molecular weight is 177 g/mol. The molecule has 0 aliphatic rings. The quantitative estimate of drug-likeness (QED) is 0.329. The molecule has 4 heteroatoms. The van der Waals surface area contributed by atoms with E-state index in [1.807, 2.05) is 0 Å². The first-order valence-electron chi connectivity index (χ1n) is 4.11. The van der Waals surface area contributed by atoms with Gasteiger partial charge in [-0.25, -0.2) is 0 Å². The minimum absolute atomic E-state index is 0.0827. The highest BCUT2D eigenvalue weighted by atomic mass is 28.2. The van der Waals surface area contributed by atoms with Gasteiger partial charge in [-0.15, -0.1) is 0 Å². The number of hydrogen-bond donors (Lipinski definition) is 1. The van der Waals surface area contributed by atoms with Gasteiger partial charge >= 0.3 is 0 Å². The SMILES string of the molecule is CCCNC[SiH2]C(OC)OC. The molecule has 0 bridgehead atoms. The van der Waals surface area contributed by atoms with E-state index in [2.05, 4.69) is 12.2 Å². The van der Waals surface area contributed by atoms with E-state index >= 15 is 0 Å². The van der Waals surface area contributed by atoms with Crippen LogP contribution in [0.2, 0.25) is 0 Å². The normalized spacial score (nSPS) is 12.0. The van der Waals surface area contributed by atoms with Crippen molar-refractivity contribution in [1.29, 1.82) is 0 Å². The first-order valence-corrected chi connectivity index (χ1v) is 5.93. The summed E-state index contributed by atoms with van der Waals surface area (Å²) in [5.41, 5.74) is 0. The first kappa shape index (κ1) is 11.1. The van der Waals surface area contributed by atoms with Gasteiger partial charge in [-0.2, -0.15) is 0 Å². The topological polar surface area (TPSA) is 30.5 Å². The molecule has 0 rings (SSSR count). The Kier molecular flexibility index (Phi) is 8.27. The molecule has 1 N–H and O–H groups in total. The number of methoxy groups -OCH3 is 2. The number of nitrogens with one attached hydrogen (secondary N) is 1. The molecule has 0 saturated carbocycles. The van der Waals surface area contributed by atoms with E-state index in [0.717, 1.165) is 12.7 Å². The summed E-state index contributed by atoms with van der Waals surface area (Å²) in [6.45, 7) is 3.27. The molecule has 0 aliphatic carbocycles. The van der Waals surface area contributed by atoms with Crippen molar-refractivity contribution in [3.63, 3.8) is 0 Å². The Balaban J connectivity index is 3.07. The zero-order valence-electron chi connectivity index (χ0n) is 7.72. The van der Waals surface area contributed by atoms with Gasteiger partial charge in [-0.05, 0) is 19.1 Å². The van der Waals surface area contributed by atoms with Gasteiger partial charge in [0.15, 0.2) is 0 Å². The van der Waals surface area contributed by atoms with Gasteiger partial charge < -0.3 is 14.8 Å². The number of ether oxygens (including phenoxy) is 2. The molecule has 0 aromatic rings. The molecule has 0 unspecified atom stereocenters. The van der Waals surface area contributed by atoms with E-state index in [-0.39, 0.29) is 15.4 Å². The van der Waals surface area contributed by atoms with Crippen molar-refractivity contribution >= 4 is 9.52 Å². The van der Waals surface area contributed by atoms with Crippen LogP contribution >= 0.6 is 0 Å². The predicted molar refractivity (Wildman–Crippen MR) is 49.5 cm³/mol. The second-order valence-corrected chi connectivity index (χ2v) is 4.18. The van der Waals surface area contributed by atoms with Crippen molar-refractivity contribution in [2.45, 2.75) is 19.3 Å². The molecule has 11 heavy (non-hydrogen) atoms. The molecular formula is C7H19NO2Si. The lowest BCUT2D eigenvalue weighted by Crippen LogP contribution is -2.31. The van der Waals surface area contributed by atoms with E-state index in [0.29, 0.717) is 0 Å². The molecular weight excluding hydrogens is 158 g/mol. The lowest BCUT2D eigenvalue weighted by atomic mass is 10.5. The van der Waals surface area contributed by atoms with Gasteiger partial charge in [0.25, 0.3) is 0 Å². The monoisotopic (exact) mass is 177 g/mol. The fraction of sp³-hybridized carbons (Fsp3) is 1.00. The fourth-order valence-corrected chi connectivity index (χ4v) is 2.01. The second-order valence-electron chi connectivity index (χ2n) is 2.44.